The lowest BCUT2D eigenvalue weighted by Gasteiger charge is -2.08. The molecule has 0 N–H and O–H groups in total. The Labute approximate surface area is 115 Å². The highest BCUT2D eigenvalue weighted by molar-refractivity contribution is 5.87. The van der Waals surface area contributed by atoms with Gasteiger partial charge >= 0.3 is 0 Å². The van der Waals surface area contributed by atoms with Gasteiger partial charge in [0, 0.05) is 0 Å². The Balaban J connectivity index is 2.12. The second-order valence-electron chi connectivity index (χ2n) is 4.95. The minimum absolute atomic E-state index is 1.05. The molecule has 0 nitrogen and oxygen atoms in total. The van der Waals surface area contributed by atoms with Gasteiger partial charge in [-0.1, -0.05) is 72.3 Å². The van der Waals surface area contributed by atoms with Crippen LogP contribution in [0.2, 0.25) is 0 Å². The van der Waals surface area contributed by atoms with Crippen molar-refractivity contribution in [2.75, 3.05) is 0 Å². The summed E-state index contributed by atoms with van der Waals surface area (Å²) in [6, 6.07) is 19.5. The molecule has 19 heavy (non-hydrogen) atoms. The fraction of sp³-hybridized carbons (Fsp3) is 0.158. The van der Waals surface area contributed by atoms with Crippen molar-refractivity contribution in [1.82, 2.24) is 0 Å². The third-order valence-electron chi connectivity index (χ3n) is 3.71. The van der Waals surface area contributed by atoms with Crippen molar-refractivity contribution < 1.29 is 0 Å². The van der Waals surface area contributed by atoms with E-state index in [2.05, 4.69) is 73.7 Å². The maximum absolute atomic E-state index is 2.25. The Bertz CT molecular complexity index is 630. The van der Waals surface area contributed by atoms with Gasteiger partial charge in [0.25, 0.3) is 0 Å². The zero-order valence-electron chi connectivity index (χ0n) is 11.3. The predicted molar refractivity (Wildman–Crippen MR) is 82.0 cm³/mol. The molecule has 0 amide bonds. The van der Waals surface area contributed by atoms with E-state index in [9.17, 15) is 0 Å². The Morgan fingerprint density at radius 1 is 0.947 bits per heavy atom. The summed E-state index contributed by atoms with van der Waals surface area (Å²) in [4.78, 5) is 0. The average Bonchev–Trinajstić information content (AvgIpc) is 2.84. The molecule has 1 aliphatic rings. The molecule has 2 aromatic carbocycles. The Morgan fingerprint density at radius 3 is 2.47 bits per heavy atom. The van der Waals surface area contributed by atoms with Crippen LogP contribution in [0.15, 0.2) is 72.3 Å². The van der Waals surface area contributed by atoms with Crippen LogP contribution in [-0.2, 0) is 6.42 Å². The van der Waals surface area contributed by atoms with E-state index in [1.807, 2.05) is 0 Å². The predicted octanol–water partition coefficient (Wildman–Crippen LogP) is 5.01. The summed E-state index contributed by atoms with van der Waals surface area (Å²) in [6.07, 6.45) is 6.53. The van der Waals surface area contributed by atoms with Gasteiger partial charge in [0.2, 0.25) is 0 Å². The van der Waals surface area contributed by atoms with E-state index in [0.717, 1.165) is 12.8 Å². The van der Waals surface area contributed by atoms with Gasteiger partial charge in [0.05, 0.1) is 0 Å². The fourth-order valence-corrected chi connectivity index (χ4v) is 2.83. The van der Waals surface area contributed by atoms with Crippen LogP contribution in [0.1, 0.15) is 30.0 Å². The van der Waals surface area contributed by atoms with E-state index >= 15 is 0 Å². The highest BCUT2D eigenvalue weighted by Crippen LogP contribution is 2.38. The molecule has 2 aromatic rings. The highest BCUT2D eigenvalue weighted by Gasteiger charge is 2.20. The van der Waals surface area contributed by atoms with E-state index < -0.39 is 0 Å². The largest absolute Gasteiger partial charge is 0.0913 e. The summed E-state index contributed by atoms with van der Waals surface area (Å²) in [5.41, 5.74) is 7.18. The van der Waals surface area contributed by atoms with Crippen molar-refractivity contribution in [1.29, 1.82) is 0 Å². The van der Waals surface area contributed by atoms with Gasteiger partial charge in [0.1, 0.15) is 0 Å². The molecule has 0 saturated carbocycles. The third kappa shape index (κ3) is 2.26. The molecular formula is C19H18. The lowest BCUT2D eigenvalue weighted by atomic mass is 9.96. The van der Waals surface area contributed by atoms with Crippen molar-refractivity contribution in [2.24, 2.45) is 0 Å². The van der Waals surface area contributed by atoms with Gasteiger partial charge in [-0.05, 0) is 42.0 Å². The SMILES string of the molecule is C/C=C/CC1=C(c2ccccc2)c2ccccc2C1. The van der Waals surface area contributed by atoms with E-state index in [0.29, 0.717) is 0 Å². The second-order valence-corrected chi connectivity index (χ2v) is 4.95. The standard InChI is InChI=1S/C19H18/c1-2-3-9-17-14-16-12-7-8-13-18(16)19(17)15-10-5-4-6-11-15/h2-8,10-13H,9,14H2,1H3/b3-2+. The first-order valence-electron chi connectivity index (χ1n) is 6.87. The van der Waals surface area contributed by atoms with Gasteiger partial charge in [-0.25, -0.2) is 0 Å². The molecule has 0 aliphatic heterocycles. The summed E-state index contributed by atoms with van der Waals surface area (Å²) in [6.45, 7) is 2.09. The van der Waals surface area contributed by atoms with Crippen LogP contribution < -0.4 is 0 Å². The number of benzene rings is 2. The summed E-state index contributed by atoms with van der Waals surface area (Å²) in [5, 5.41) is 0. The minimum Gasteiger partial charge on any atom is -0.0913 e. The molecular weight excluding hydrogens is 228 g/mol. The molecule has 0 heterocycles. The zero-order valence-corrected chi connectivity index (χ0v) is 11.3. The first-order valence-corrected chi connectivity index (χ1v) is 6.87. The Morgan fingerprint density at radius 2 is 1.68 bits per heavy atom. The molecule has 0 heteroatoms. The molecule has 94 valence electrons. The summed E-state index contributed by atoms with van der Waals surface area (Å²) < 4.78 is 0. The molecule has 0 radical (unpaired) electrons. The monoisotopic (exact) mass is 246 g/mol. The van der Waals surface area contributed by atoms with Crippen molar-refractivity contribution in [3.05, 3.63) is 89.0 Å². The van der Waals surface area contributed by atoms with Crippen molar-refractivity contribution in [2.45, 2.75) is 19.8 Å². The molecule has 0 fully saturated rings. The van der Waals surface area contributed by atoms with Crippen LogP contribution in [-0.4, -0.2) is 0 Å². The molecule has 0 aromatic heterocycles. The molecule has 0 bridgehead atoms. The zero-order chi connectivity index (χ0) is 13.1. The van der Waals surface area contributed by atoms with Crippen molar-refractivity contribution >= 4 is 5.57 Å². The number of allylic oxidation sites excluding steroid dienone is 3. The minimum atomic E-state index is 1.05. The molecule has 0 saturated heterocycles. The average molecular weight is 246 g/mol. The number of rotatable bonds is 3. The quantitative estimate of drug-likeness (QED) is 0.668. The van der Waals surface area contributed by atoms with Crippen LogP contribution in [0.3, 0.4) is 0 Å². The maximum Gasteiger partial charge on any atom is -0.00484 e. The summed E-state index contributed by atoms with van der Waals surface area (Å²) >= 11 is 0. The molecule has 0 atom stereocenters. The van der Waals surface area contributed by atoms with E-state index in [-0.39, 0.29) is 0 Å². The van der Waals surface area contributed by atoms with Crippen LogP contribution in [0.4, 0.5) is 0 Å². The van der Waals surface area contributed by atoms with Crippen molar-refractivity contribution in [3.63, 3.8) is 0 Å². The topological polar surface area (TPSA) is 0 Å². The van der Waals surface area contributed by atoms with Gasteiger partial charge in [-0.2, -0.15) is 0 Å². The molecule has 1 aliphatic carbocycles. The van der Waals surface area contributed by atoms with Crippen LogP contribution >= 0.6 is 0 Å². The molecule has 0 spiro atoms. The number of hydrogen-bond donors (Lipinski definition) is 0. The van der Waals surface area contributed by atoms with Crippen LogP contribution in [0, 0.1) is 0 Å². The smallest absolute Gasteiger partial charge is 0.00484 e. The fourth-order valence-electron chi connectivity index (χ4n) is 2.83. The Kier molecular flexibility index (Phi) is 3.33. The Hall–Kier alpha value is -2.08. The second kappa shape index (κ2) is 5.27. The lowest BCUT2D eigenvalue weighted by Crippen LogP contribution is -1.87. The summed E-state index contributed by atoms with van der Waals surface area (Å²) in [7, 11) is 0. The van der Waals surface area contributed by atoms with E-state index in [1.165, 1.54) is 27.8 Å². The van der Waals surface area contributed by atoms with Gasteiger partial charge < -0.3 is 0 Å². The van der Waals surface area contributed by atoms with Gasteiger partial charge in [-0.15, -0.1) is 0 Å². The van der Waals surface area contributed by atoms with E-state index in [4.69, 9.17) is 0 Å². The third-order valence-corrected chi connectivity index (χ3v) is 3.71. The van der Waals surface area contributed by atoms with Crippen molar-refractivity contribution in [3.8, 4) is 0 Å². The first-order chi connectivity index (χ1) is 9.40. The van der Waals surface area contributed by atoms with Gasteiger partial charge in [0.15, 0.2) is 0 Å². The summed E-state index contributed by atoms with van der Waals surface area (Å²) in [5.74, 6) is 0. The molecule has 0 unspecified atom stereocenters. The first kappa shape index (κ1) is 12.0. The highest BCUT2D eigenvalue weighted by atomic mass is 14.2. The molecule has 3 rings (SSSR count). The van der Waals surface area contributed by atoms with Gasteiger partial charge in [-0.3, -0.25) is 0 Å². The normalized spacial score (nSPS) is 14.2. The van der Waals surface area contributed by atoms with E-state index in [1.54, 1.807) is 0 Å². The van der Waals surface area contributed by atoms with Crippen LogP contribution in [0.25, 0.3) is 5.57 Å². The maximum atomic E-state index is 2.25. The number of fused-ring (bicyclic) bond motifs is 1. The lowest BCUT2D eigenvalue weighted by molar-refractivity contribution is 1.10. The number of hydrogen-bond acceptors (Lipinski definition) is 0. The van der Waals surface area contributed by atoms with Crippen LogP contribution in [0.5, 0.6) is 0 Å².